The van der Waals surface area contributed by atoms with E-state index in [1.54, 1.807) is 6.08 Å². The Bertz CT molecular complexity index is 1100. The van der Waals surface area contributed by atoms with Crippen LogP contribution in [0.1, 0.15) is 290 Å². The Morgan fingerprint density at radius 1 is 0.431 bits per heavy atom. The first-order valence-electron chi connectivity index (χ1n) is 28.4. The van der Waals surface area contributed by atoms with Gasteiger partial charge in [-0.05, 0) is 89.9 Å². The highest BCUT2D eigenvalue weighted by Gasteiger charge is 2.18. The molecule has 65 heavy (non-hydrogen) atoms. The Morgan fingerprint density at radius 3 is 1.18 bits per heavy atom. The minimum Gasteiger partial charge on any atom is -0.466 e. The van der Waals surface area contributed by atoms with Gasteiger partial charge >= 0.3 is 5.97 Å². The molecule has 0 spiro atoms. The number of ether oxygens (including phenoxy) is 1. The summed E-state index contributed by atoms with van der Waals surface area (Å²) in [6.07, 6.45) is 68.5. The van der Waals surface area contributed by atoms with E-state index in [4.69, 9.17) is 4.74 Å². The number of unbranched alkanes of at least 4 members (excludes halogenated alkanes) is 35. The molecule has 0 saturated carbocycles. The molecule has 0 aromatic heterocycles. The van der Waals surface area contributed by atoms with E-state index >= 15 is 0 Å². The largest absolute Gasteiger partial charge is 0.466 e. The average Bonchev–Trinajstić information content (AvgIpc) is 3.31. The normalized spacial score (nSPS) is 13.0. The number of aliphatic hydroxyl groups is 2. The van der Waals surface area contributed by atoms with Crippen LogP contribution in [0.3, 0.4) is 0 Å². The van der Waals surface area contributed by atoms with Crippen molar-refractivity contribution in [3.05, 3.63) is 48.6 Å². The molecule has 0 aliphatic heterocycles. The molecule has 0 aliphatic carbocycles. The first-order valence-corrected chi connectivity index (χ1v) is 28.4. The van der Waals surface area contributed by atoms with E-state index in [-0.39, 0.29) is 18.5 Å². The fourth-order valence-corrected chi connectivity index (χ4v) is 8.42. The monoisotopic (exact) mass is 912 g/mol. The van der Waals surface area contributed by atoms with Crippen molar-refractivity contribution in [3.63, 3.8) is 0 Å². The number of allylic oxidation sites excluding steroid dienone is 7. The van der Waals surface area contributed by atoms with E-state index in [9.17, 15) is 19.8 Å². The molecule has 0 fully saturated rings. The molecular weight excluding hydrogens is 803 g/mol. The van der Waals surface area contributed by atoms with Gasteiger partial charge in [-0.3, -0.25) is 9.59 Å². The van der Waals surface area contributed by atoms with Gasteiger partial charge in [-0.1, -0.05) is 236 Å². The molecule has 0 aliphatic rings. The van der Waals surface area contributed by atoms with Crippen LogP contribution in [0.4, 0.5) is 0 Å². The molecule has 0 radical (unpaired) electrons. The van der Waals surface area contributed by atoms with Crippen LogP contribution in [0.15, 0.2) is 48.6 Å². The number of aliphatic hydroxyl groups excluding tert-OH is 2. The first-order chi connectivity index (χ1) is 32.0. The molecule has 2 unspecified atom stereocenters. The van der Waals surface area contributed by atoms with Gasteiger partial charge in [0.2, 0.25) is 5.91 Å². The lowest BCUT2D eigenvalue weighted by molar-refractivity contribution is -0.143. The van der Waals surface area contributed by atoms with Gasteiger partial charge in [0.15, 0.2) is 0 Å². The minimum atomic E-state index is -0.850. The van der Waals surface area contributed by atoms with E-state index < -0.39 is 12.1 Å². The molecule has 0 aromatic rings. The van der Waals surface area contributed by atoms with Gasteiger partial charge in [0.1, 0.15) is 0 Å². The molecule has 1 amide bonds. The fraction of sp³-hybridized carbons (Fsp3) is 0.831. The zero-order chi connectivity index (χ0) is 47.2. The highest BCUT2D eigenvalue weighted by atomic mass is 16.5. The maximum Gasteiger partial charge on any atom is 0.305 e. The van der Waals surface area contributed by atoms with Crippen molar-refractivity contribution in [2.75, 3.05) is 13.2 Å². The van der Waals surface area contributed by atoms with E-state index in [1.165, 1.54) is 199 Å². The molecular formula is C59H109NO5. The Labute approximate surface area is 404 Å². The summed E-state index contributed by atoms with van der Waals surface area (Å²) in [5.74, 6) is -0.0835. The number of amides is 1. The van der Waals surface area contributed by atoms with Crippen LogP contribution >= 0.6 is 0 Å². The van der Waals surface area contributed by atoms with Crippen molar-refractivity contribution in [2.24, 2.45) is 0 Å². The summed E-state index contributed by atoms with van der Waals surface area (Å²) < 4.78 is 5.47. The van der Waals surface area contributed by atoms with Crippen LogP contribution in [0, 0.1) is 0 Å². The highest BCUT2D eigenvalue weighted by molar-refractivity contribution is 5.76. The van der Waals surface area contributed by atoms with Crippen LogP contribution in [-0.2, 0) is 14.3 Å². The molecule has 0 heterocycles. The van der Waals surface area contributed by atoms with Gasteiger partial charge in [0.25, 0.3) is 0 Å². The Hall–Kier alpha value is -2.18. The van der Waals surface area contributed by atoms with Gasteiger partial charge < -0.3 is 20.3 Å². The fourth-order valence-electron chi connectivity index (χ4n) is 8.42. The van der Waals surface area contributed by atoms with Crippen LogP contribution in [-0.4, -0.2) is 47.4 Å². The summed E-state index contributed by atoms with van der Waals surface area (Å²) in [5, 5.41) is 22.9. The average molecular weight is 913 g/mol. The summed E-state index contributed by atoms with van der Waals surface area (Å²) in [7, 11) is 0. The third-order valence-electron chi connectivity index (χ3n) is 12.8. The molecule has 6 heteroatoms. The van der Waals surface area contributed by atoms with Crippen molar-refractivity contribution in [2.45, 2.75) is 302 Å². The quantitative estimate of drug-likeness (QED) is 0.0321. The maximum absolute atomic E-state index is 12.4. The third-order valence-corrected chi connectivity index (χ3v) is 12.8. The second kappa shape index (κ2) is 54.4. The number of carbonyl (C=O) groups is 2. The standard InChI is InChI=1S/C59H109NO5/c1-3-5-7-9-11-13-15-16-26-30-33-37-41-45-49-53-59(64)65-54-50-46-42-38-34-31-28-25-23-21-19-17-18-20-22-24-27-29-32-36-40-44-48-52-58(63)60-56(55-61)57(62)51-47-43-39-35-14-12-10-8-6-4-2/h16-17,19-20,22,26,47,51,56-57,61-62H,3-15,18,21,23-25,27-46,48-50,52-55H2,1-2H3,(H,60,63)/b19-17-,22-20-,26-16-,51-47+. The van der Waals surface area contributed by atoms with Crippen LogP contribution in [0.2, 0.25) is 0 Å². The van der Waals surface area contributed by atoms with Gasteiger partial charge in [-0.15, -0.1) is 0 Å². The lowest BCUT2D eigenvalue weighted by Gasteiger charge is -2.20. The van der Waals surface area contributed by atoms with Crippen molar-refractivity contribution in [1.29, 1.82) is 0 Å². The lowest BCUT2D eigenvalue weighted by atomic mass is 10.1. The summed E-state index contributed by atoms with van der Waals surface area (Å²) in [6.45, 7) is 4.86. The summed E-state index contributed by atoms with van der Waals surface area (Å²) >= 11 is 0. The lowest BCUT2D eigenvalue weighted by Crippen LogP contribution is -2.45. The van der Waals surface area contributed by atoms with Crippen molar-refractivity contribution >= 4 is 11.9 Å². The van der Waals surface area contributed by atoms with Crippen LogP contribution in [0.25, 0.3) is 0 Å². The Morgan fingerprint density at radius 2 is 0.769 bits per heavy atom. The molecule has 2 atom stereocenters. The highest BCUT2D eigenvalue weighted by Crippen LogP contribution is 2.15. The Balaban J connectivity index is 3.45. The van der Waals surface area contributed by atoms with Gasteiger partial charge in [-0.25, -0.2) is 0 Å². The van der Waals surface area contributed by atoms with Gasteiger partial charge in [0, 0.05) is 12.8 Å². The smallest absolute Gasteiger partial charge is 0.305 e. The second-order valence-electron chi connectivity index (χ2n) is 19.3. The van der Waals surface area contributed by atoms with E-state index in [2.05, 4.69) is 55.6 Å². The SMILES string of the molecule is CCCCCCCC/C=C\CCCCCCCC(=O)OCCCCCCCCCCC/C=C\C/C=C\CCCCCCCCCC(=O)NC(CO)C(O)/C=C/CCCCCCCCCC. The van der Waals surface area contributed by atoms with E-state index in [0.717, 1.165) is 64.2 Å². The second-order valence-corrected chi connectivity index (χ2v) is 19.3. The predicted octanol–water partition coefficient (Wildman–Crippen LogP) is 17.4. The first kappa shape index (κ1) is 62.8. The maximum atomic E-state index is 12.4. The topological polar surface area (TPSA) is 95.9 Å². The Kier molecular flexibility index (Phi) is 52.6. The van der Waals surface area contributed by atoms with Gasteiger partial charge in [0.05, 0.1) is 25.4 Å². The summed E-state index contributed by atoms with van der Waals surface area (Å²) in [6, 6.07) is -0.634. The van der Waals surface area contributed by atoms with Crippen molar-refractivity contribution in [1.82, 2.24) is 5.32 Å². The minimum absolute atomic E-state index is 0.00218. The van der Waals surface area contributed by atoms with Crippen LogP contribution in [0.5, 0.6) is 0 Å². The van der Waals surface area contributed by atoms with Crippen molar-refractivity contribution in [3.8, 4) is 0 Å². The zero-order valence-electron chi connectivity index (χ0n) is 43.2. The number of nitrogens with one attached hydrogen (secondary N) is 1. The third kappa shape index (κ3) is 51.1. The number of carbonyl (C=O) groups excluding carboxylic acids is 2. The molecule has 0 rings (SSSR count). The van der Waals surface area contributed by atoms with E-state index in [0.29, 0.717) is 19.4 Å². The van der Waals surface area contributed by atoms with Crippen molar-refractivity contribution < 1.29 is 24.5 Å². The molecule has 0 bridgehead atoms. The molecule has 0 saturated heterocycles. The number of rotatable bonds is 52. The molecule has 3 N–H and O–H groups in total. The molecule has 0 aromatic carbocycles. The molecule has 6 nitrogen and oxygen atoms in total. The predicted molar refractivity (Wildman–Crippen MR) is 282 cm³/mol. The van der Waals surface area contributed by atoms with Gasteiger partial charge in [-0.2, -0.15) is 0 Å². The number of hydrogen-bond donors (Lipinski definition) is 3. The molecule has 380 valence electrons. The van der Waals surface area contributed by atoms with Crippen LogP contribution < -0.4 is 5.32 Å². The summed E-state index contributed by atoms with van der Waals surface area (Å²) in [5.41, 5.74) is 0. The number of hydrogen-bond acceptors (Lipinski definition) is 5. The summed E-state index contributed by atoms with van der Waals surface area (Å²) in [4.78, 5) is 24.4. The van der Waals surface area contributed by atoms with E-state index in [1.807, 2.05) is 6.08 Å². The number of esters is 1. The zero-order valence-corrected chi connectivity index (χ0v) is 43.2.